The van der Waals surface area contributed by atoms with E-state index in [1.165, 1.54) is 0 Å². The van der Waals surface area contributed by atoms with E-state index in [0.717, 1.165) is 25.7 Å². The van der Waals surface area contributed by atoms with Crippen molar-refractivity contribution in [2.75, 3.05) is 18.9 Å². The normalized spacial score (nSPS) is 20.5. The monoisotopic (exact) mass is 317 g/mol. The Hall–Kier alpha value is -2.26. The van der Waals surface area contributed by atoms with Crippen LogP contribution in [0.4, 0.5) is 11.4 Å². The summed E-state index contributed by atoms with van der Waals surface area (Å²) >= 11 is 0. The Balaban J connectivity index is 1.83. The number of ether oxygens (including phenoxy) is 2. The zero-order chi connectivity index (χ0) is 16.7. The molecule has 1 aliphatic rings. The average Bonchev–Trinajstić information content (AvgIpc) is 2.55. The van der Waals surface area contributed by atoms with Crippen molar-refractivity contribution in [3.63, 3.8) is 0 Å². The summed E-state index contributed by atoms with van der Waals surface area (Å²) in [5.74, 6) is 0.478. The second-order valence-corrected chi connectivity index (χ2v) is 5.60. The van der Waals surface area contributed by atoms with Gasteiger partial charge in [0, 0.05) is 18.3 Å². The highest BCUT2D eigenvalue weighted by molar-refractivity contribution is 5.77. The van der Waals surface area contributed by atoms with Crippen molar-refractivity contribution in [3.05, 3.63) is 29.6 Å². The Morgan fingerprint density at radius 3 is 2.78 bits per heavy atom. The van der Waals surface area contributed by atoms with Gasteiger partial charge in [-0.1, -0.05) is 6.07 Å². The lowest BCUT2D eigenvalue weighted by Gasteiger charge is -2.30. The Kier molecular flexibility index (Phi) is 6.24. The quantitative estimate of drug-likeness (QED) is 0.624. The second-order valence-electron chi connectivity index (χ2n) is 5.60. The number of carbonyl (C=O) groups excluding carboxylic acids is 1. The molecule has 0 heterocycles. The first-order chi connectivity index (χ1) is 11.1. The molecule has 0 bridgehead atoms. The van der Waals surface area contributed by atoms with Gasteiger partial charge in [-0.05, 0) is 44.7 Å². The number of nitrogens with zero attached hydrogens (tertiary/aromatic N) is 1. The van der Waals surface area contributed by atoms with Crippen LogP contribution in [0.1, 0.15) is 32.6 Å². The van der Waals surface area contributed by atoms with Crippen LogP contribution in [0.25, 0.3) is 4.85 Å². The number of rotatable bonds is 6. The van der Waals surface area contributed by atoms with Gasteiger partial charge in [-0.15, -0.1) is 0 Å². The van der Waals surface area contributed by atoms with Gasteiger partial charge >= 0.3 is 0 Å². The Bertz CT molecular complexity index is 575. The molecule has 1 aromatic rings. The standard InChI is InChI=1S/C17H23N3O3/c1-3-22-11-16(21)20-12-7-9-13(10-8-12)23-15-6-4-5-14(18)17(15)19-2/h4-6,12-13H,3,7-11,18H2,1H3,(H,20,21). The predicted molar refractivity (Wildman–Crippen MR) is 88.4 cm³/mol. The van der Waals surface area contributed by atoms with Gasteiger partial charge in [-0.25, -0.2) is 4.85 Å². The number of nitrogen functional groups attached to an aromatic ring is 1. The molecule has 0 aromatic heterocycles. The molecule has 6 heteroatoms. The third-order valence-electron chi connectivity index (χ3n) is 3.91. The van der Waals surface area contributed by atoms with Crippen molar-refractivity contribution in [1.29, 1.82) is 0 Å². The van der Waals surface area contributed by atoms with Crippen molar-refractivity contribution in [3.8, 4) is 5.75 Å². The van der Waals surface area contributed by atoms with Crippen molar-refractivity contribution in [2.45, 2.75) is 44.8 Å². The van der Waals surface area contributed by atoms with Crippen LogP contribution < -0.4 is 15.8 Å². The lowest BCUT2D eigenvalue weighted by Crippen LogP contribution is -2.41. The molecule has 23 heavy (non-hydrogen) atoms. The lowest BCUT2D eigenvalue weighted by atomic mass is 9.93. The molecular weight excluding hydrogens is 294 g/mol. The number of benzene rings is 1. The number of nitrogens with two attached hydrogens (primary N) is 1. The average molecular weight is 317 g/mol. The number of nitrogens with one attached hydrogen (secondary N) is 1. The first kappa shape index (κ1) is 17.1. The molecule has 0 unspecified atom stereocenters. The third kappa shape index (κ3) is 4.86. The van der Waals surface area contributed by atoms with Crippen LogP contribution >= 0.6 is 0 Å². The molecular formula is C17H23N3O3. The highest BCUT2D eigenvalue weighted by Crippen LogP contribution is 2.35. The van der Waals surface area contributed by atoms with Crippen LogP contribution in [0.15, 0.2) is 18.2 Å². The molecule has 0 saturated heterocycles. The zero-order valence-corrected chi connectivity index (χ0v) is 13.4. The number of carbonyl (C=O) groups is 1. The molecule has 6 nitrogen and oxygen atoms in total. The maximum atomic E-state index is 11.6. The van der Waals surface area contributed by atoms with Crippen molar-refractivity contribution >= 4 is 17.3 Å². The molecule has 1 saturated carbocycles. The van der Waals surface area contributed by atoms with E-state index in [9.17, 15) is 4.79 Å². The van der Waals surface area contributed by atoms with Gasteiger partial charge in [-0.3, -0.25) is 4.79 Å². The first-order valence-corrected chi connectivity index (χ1v) is 7.93. The van der Waals surface area contributed by atoms with Crippen LogP contribution in [0.3, 0.4) is 0 Å². The van der Waals surface area contributed by atoms with E-state index in [4.69, 9.17) is 21.8 Å². The number of amides is 1. The maximum Gasteiger partial charge on any atom is 0.250 e. The minimum atomic E-state index is -0.0673. The van der Waals surface area contributed by atoms with Crippen molar-refractivity contribution in [2.24, 2.45) is 0 Å². The van der Waals surface area contributed by atoms with E-state index in [1.54, 1.807) is 18.2 Å². The summed E-state index contributed by atoms with van der Waals surface area (Å²) in [4.78, 5) is 15.1. The topological polar surface area (TPSA) is 77.9 Å². The van der Waals surface area contributed by atoms with Gasteiger partial charge in [0.2, 0.25) is 11.6 Å². The fourth-order valence-electron chi connectivity index (χ4n) is 2.72. The van der Waals surface area contributed by atoms with E-state index in [-0.39, 0.29) is 24.7 Å². The Labute approximate surface area is 136 Å². The van der Waals surface area contributed by atoms with Gasteiger partial charge < -0.3 is 20.5 Å². The van der Waals surface area contributed by atoms with E-state index in [1.807, 2.05) is 6.92 Å². The molecule has 0 spiro atoms. The van der Waals surface area contributed by atoms with E-state index in [2.05, 4.69) is 10.2 Å². The summed E-state index contributed by atoms with van der Waals surface area (Å²) < 4.78 is 11.0. The van der Waals surface area contributed by atoms with Gasteiger partial charge in [0.05, 0.1) is 12.7 Å². The van der Waals surface area contributed by atoms with Crippen LogP contribution in [0, 0.1) is 6.57 Å². The Morgan fingerprint density at radius 1 is 1.39 bits per heavy atom. The molecule has 1 amide bonds. The van der Waals surface area contributed by atoms with Crippen LogP contribution in [0.2, 0.25) is 0 Å². The fraction of sp³-hybridized carbons (Fsp3) is 0.529. The molecule has 0 aliphatic heterocycles. The molecule has 2 rings (SSSR count). The van der Waals surface area contributed by atoms with Crippen molar-refractivity contribution < 1.29 is 14.3 Å². The number of hydrogen-bond acceptors (Lipinski definition) is 4. The molecule has 1 fully saturated rings. The van der Waals surface area contributed by atoms with E-state index >= 15 is 0 Å². The molecule has 124 valence electrons. The molecule has 0 atom stereocenters. The fourth-order valence-corrected chi connectivity index (χ4v) is 2.72. The largest absolute Gasteiger partial charge is 0.501 e. The molecule has 1 aliphatic carbocycles. The van der Waals surface area contributed by atoms with Crippen molar-refractivity contribution in [1.82, 2.24) is 5.32 Å². The van der Waals surface area contributed by atoms with Crippen LogP contribution in [-0.4, -0.2) is 31.3 Å². The first-order valence-electron chi connectivity index (χ1n) is 7.93. The lowest BCUT2D eigenvalue weighted by molar-refractivity contribution is -0.126. The van der Waals surface area contributed by atoms with E-state index < -0.39 is 0 Å². The minimum Gasteiger partial charge on any atom is -0.501 e. The number of hydrogen-bond donors (Lipinski definition) is 2. The highest BCUT2D eigenvalue weighted by Gasteiger charge is 2.24. The van der Waals surface area contributed by atoms with E-state index in [0.29, 0.717) is 23.7 Å². The minimum absolute atomic E-state index is 0.0531. The summed E-state index contributed by atoms with van der Waals surface area (Å²) in [6, 6.07) is 5.44. The van der Waals surface area contributed by atoms with Gasteiger partial charge in [0.25, 0.3) is 0 Å². The SMILES string of the molecule is [C-]#[N+]c1c(N)cccc1OC1CCC(NC(=O)COCC)CC1. The van der Waals surface area contributed by atoms with Crippen LogP contribution in [0.5, 0.6) is 5.75 Å². The molecule has 3 N–H and O–H groups in total. The van der Waals surface area contributed by atoms with Crippen LogP contribution in [-0.2, 0) is 9.53 Å². The van der Waals surface area contributed by atoms with Gasteiger partial charge in [0.15, 0.2) is 0 Å². The van der Waals surface area contributed by atoms with Gasteiger partial charge in [0.1, 0.15) is 12.4 Å². The summed E-state index contributed by atoms with van der Waals surface area (Å²) in [5.41, 5.74) is 6.61. The highest BCUT2D eigenvalue weighted by atomic mass is 16.5. The summed E-state index contributed by atoms with van der Waals surface area (Å²) in [6.07, 6.45) is 3.45. The molecule has 1 aromatic carbocycles. The number of para-hydroxylation sites is 1. The second kappa shape index (κ2) is 8.39. The van der Waals surface area contributed by atoms with Gasteiger partial charge in [-0.2, -0.15) is 0 Å². The summed E-state index contributed by atoms with van der Waals surface area (Å²) in [5, 5.41) is 2.98. The number of anilines is 1. The summed E-state index contributed by atoms with van der Waals surface area (Å²) in [7, 11) is 0. The Morgan fingerprint density at radius 2 is 2.13 bits per heavy atom. The smallest absolute Gasteiger partial charge is 0.250 e. The summed E-state index contributed by atoms with van der Waals surface area (Å²) in [6.45, 7) is 9.73. The predicted octanol–water partition coefficient (Wildman–Crippen LogP) is 2.66. The maximum absolute atomic E-state index is 11.6. The third-order valence-corrected chi connectivity index (χ3v) is 3.91. The molecule has 0 radical (unpaired) electrons. The zero-order valence-electron chi connectivity index (χ0n) is 13.4.